The first-order chi connectivity index (χ1) is 8.88. The molecule has 0 amide bonds. The lowest BCUT2D eigenvalue weighted by Gasteiger charge is -2.45. The molecule has 1 aliphatic heterocycles. The van der Waals surface area contributed by atoms with Crippen LogP contribution in [0.5, 0.6) is 0 Å². The number of anilines is 2. The molecule has 0 spiro atoms. The zero-order valence-electron chi connectivity index (χ0n) is 11.2. The van der Waals surface area contributed by atoms with Gasteiger partial charge in [-0.2, -0.15) is 0 Å². The normalized spacial score (nSPS) is 27.7. The van der Waals surface area contributed by atoms with Crippen molar-refractivity contribution in [1.29, 1.82) is 0 Å². The van der Waals surface area contributed by atoms with E-state index in [1.54, 1.807) is 0 Å². The Kier molecular flexibility index (Phi) is 3.39. The Bertz CT molecular complexity index is 402. The molecule has 1 saturated heterocycles. The predicted octanol–water partition coefficient (Wildman–Crippen LogP) is 3.28. The number of fused-ring (bicyclic) bond motifs is 1. The highest BCUT2D eigenvalue weighted by atomic mass is 15.2. The topological polar surface area (TPSA) is 28.2 Å². The summed E-state index contributed by atoms with van der Waals surface area (Å²) >= 11 is 0. The van der Waals surface area contributed by atoms with Crippen molar-refractivity contribution in [3.05, 3.63) is 18.5 Å². The highest BCUT2D eigenvalue weighted by Crippen LogP contribution is 2.37. The maximum atomic E-state index is 4.36. The Morgan fingerprint density at radius 1 is 1.17 bits per heavy atom. The van der Waals surface area contributed by atoms with Crippen LogP contribution in [0, 0.1) is 5.92 Å². The van der Waals surface area contributed by atoms with Crippen LogP contribution in [0.3, 0.4) is 0 Å². The van der Waals surface area contributed by atoms with E-state index in [0.717, 1.165) is 17.6 Å². The van der Waals surface area contributed by atoms with Crippen molar-refractivity contribution in [2.75, 3.05) is 23.8 Å². The van der Waals surface area contributed by atoms with Crippen LogP contribution >= 0.6 is 0 Å². The molecule has 3 nitrogen and oxygen atoms in total. The third kappa shape index (κ3) is 2.18. The first kappa shape index (κ1) is 11.8. The van der Waals surface area contributed by atoms with Crippen LogP contribution in [0.15, 0.2) is 18.5 Å². The molecule has 98 valence electrons. The summed E-state index contributed by atoms with van der Waals surface area (Å²) in [5.74, 6) is 0.922. The Morgan fingerprint density at radius 2 is 2.00 bits per heavy atom. The molecule has 0 radical (unpaired) electrons. The molecular weight excluding hydrogens is 222 g/mol. The number of hydrogen-bond donors (Lipinski definition) is 1. The largest absolute Gasteiger partial charge is 0.387 e. The second-order valence-corrected chi connectivity index (χ2v) is 5.63. The summed E-state index contributed by atoms with van der Waals surface area (Å²) < 4.78 is 0. The monoisotopic (exact) mass is 245 g/mol. The molecule has 1 aromatic heterocycles. The average Bonchev–Trinajstić information content (AvgIpc) is 2.47. The van der Waals surface area contributed by atoms with Gasteiger partial charge in [0.1, 0.15) is 0 Å². The van der Waals surface area contributed by atoms with Crippen LogP contribution in [-0.2, 0) is 0 Å². The number of nitrogens with zero attached hydrogens (tertiary/aromatic N) is 2. The Balaban J connectivity index is 1.84. The van der Waals surface area contributed by atoms with E-state index in [9.17, 15) is 0 Å². The van der Waals surface area contributed by atoms with Gasteiger partial charge in [-0.15, -0.1) is 0 Å². The van der Waals surface area contributed by atoms with Gasteiger partial charge in [-0.1, -0.05) is 12.8 Å². The summed E-state index contributed by atoms with van der Waals surface area (Å²) in [4.78, 5) is 6.98. The zero-order valence-corrected chi connectivity index (χ0v) is 11.2. The summed E-state index contributed by atoms with van der Waals surface area (Å²) in [5.41, 5.74) is 2.42. The summed E-state index contributed by atoms with van der Waals surface area (Å²) in [6.45, 7) is 1.20. The molecule has 2 fully saturated rings. The van der Waals surface area contributed by atoms with Crippen LogP contribution in [0.2, 0.25) is 0 Å². The molecule has 0 aromatic carbocycles. The van der Waals surface area contributed by atoms with Gasteiger partial charge in [-0.3, -0.25) is 4.98 Å². The van der Waals surface area contributed by atoms with Gasteiger partial charge >= 0.3 is 0 Å². The predicted molar refractivity (Wildman–Crippen MR) is 76.1 cm³/mol. The lowest BCUT2D eigenvalue weighted by Crippen LogP contribution is -2.46. The maximum absolute atomic E-state index is 4.36. The van der Waals surface area contributed by atoms with Gasteiger partial charge in [0.2, 0.25) is 0 Å². The second-order valence-electron chi connectivity index (χ2n) is 5.63. The molecule has 1 N–H and O–H groups in total. The van der Waals surface area contributed by atoms with Crippen molar-refractivity contribution >= 4 is 11.4 Å². The van der Waals surface area contributed by atoms with Crippen LogP contribution in [0.25, 0.3) is 0 Å². The number of rotatable bonds is 2. The fraction of sp³-hybridized carbons (Fsp3) is 0.667. The Morgan fingerprint density at radius 3 is 2.89 bits per heavy atom. The van der Waals surface area contributed by atoms with Gasteiger partial charge in [-0.05, 0) is 37.7 Å². The minimum atomic E-state index is 0.765. The van der Waals surface area contributed by atoms with Gasteiger partial charge in [0.05, 0.1) is 23.8 Å². The van der Waals surface area contributed by atoms with Gasteiger partial charge in [0.15, 0.2) is 0 Å². The van der Waals surface area contributed by atoms with Crippen molar-refractivity contribution in [1.82, 2.24) is 4.98 Å². The van der Waals surface area contributed by atoms with Crippen molar-refractivity contribution in [2.45, 2.75) is 44.6 Å². The Labute approximate surface area is 110 Å². The molecule has 1 aromatic rings. The molecule has 2 atom stereocenters. The van der Waals surface area contributed by atoms with E-state index < -0.39 is 0 Å². The molecule has 18 heavy (non-hydrogen) atoms. The van der Waals surface area contributed by atoms with E-state index in [1.807, 2.05) is 19.4 Å². The smallest absolute Gasteiger partial charge is 0.0576 e. The number of aromatic nitrogens is 1. The fourth-order valence-electron chi connectivity index (χ4n) is 3.67. The number of pyridine rings is 1. The van der Waals surface area contributed by atoms with E-state index in [-0.39, 0.29) is 0 Å². The molecule has 2 heterocycles. The van der Waals surface area contributed by atoms with Crippen LogP contribution < -0.4 is 10.2 Å². The summed E-state index contributed by atoms with van der Waals surface area (Å²) in [6, 6.07) is 3.01. The fourth-order valence-corrected chi connectivity index (χ4v) is 3.67. The number of nitrogens with one attached hydrogen (secondary N) is 1. The second kappa shape index (κ2) is 5.17. The first-order valence-electron chi connectivity index (χ1n) is 7.28. The molecule has 1 saturated carbocycles. The zero-order chi connectivity index (χ0) is 12.4. The van der Waals surface area contributed by atoms with Gasteiger partial charge in [0, 0.05) is 19.6 Å². The summed E-state index contributed by atoms with van der Waals surface area (Å²) in [6.07, 6.45) is 12.3. The van der Waals surface area contributed by atoms with Crippen LogP contribution in [0.1, 0.15) is 38.5 Å². The number of hydrogen-bond acceptors (Lipinski definition) is 3. The average molecular weight is 245 g/mol. The van der Waals surface area contributed by atoms with E-state index in [2.05, 4.69) is 21.3 Å². The molecule has 0 bridgehead atoms. The first-order valence-corrected chi connectivity index (χ1v) is 7.28. The molecular formula is C15H23N3. The minimum Gasteiger partial charge on any atom is -0.387 e. The third-order valence-corrected chi connectivity index (χ3v) is 4.59. The van der Waals surface area contributed by atoms with E-state index in [0.29, 0.717) is 0 Å². The molecule has 2 aliphatic rings. The summed E-state index contributed by atoms with van der Waals surface area (Å²) in [7, 11) is 1.96. The Hall–Kier alpha value is -1.25. The van der Waals surface area contributed by atoms with Gasteiger partial charge in [-0.25, -0.2) is 0 Å². The molecule has 3 rings (SSSR count). The summed E-state index contributed by atoms with van der Waals surface area (Å²) in [5, 5.41) is 3.19. The molecule has 1 aliphatic carbocycles. The number of piperidine rings is 1. The van der Waals surface area contributed by atoms with E-state index in [4.69, 9.17) is 0 Å². The SMILES string of the molecule is CNc1cncc(N2CCCC3CCCCC32)c1. The van der Waals surface area contributed by atoms with Crippen molar-refractivity contribution in [2.24, 2.45) is 5.92 Å². The highest BCUT2D eigenvalue weighted by Gasteiger charge is 2.33. The third-order valence-electron chi connectivity index (χ3n) is 4.59. The lowest BCUT2D eigenvalue weighted by molar-refractivity contribution is 0.244. The highest BCUT2D eigenvalue weighted by molar-refractivity contribution is 5.56. The quantitative estimate of drug-likeness (QED) is 0.866. The molecule has 3 heteroatoms. The molecule has 2 unspecified atom stereocenters. The standard InChI is InChI=1S/C15H23N3/c1-16-13-9-14(11-17-10-13)18-8-4-6-12-5-2-3-7-15(12)18/h9-12,15-16H,2-8H2,1H3. The van der Waals surface area contributed by atoms with E-state index >= 15 is 0 Å². The maximum Gasteiger partial charge on any atom is 0.0576 e. The minimum absolute atomic E-state index is 0.765. The van der Waals surface area contributed by atoms with Crippen molar-refractivity contribution in [3.63, 3.8) is 0 Å². The van der Waals surface area contributed by atoms with E-state index in [1.165, 1.54) is 50.8 Å². The van der Waals surface area contributed by atoms with Gasteiger partial charge < -0.3 is 10.2 Å². The van der Waals surface area contributed by atoms with Crippen molar-refractivity contribution in [3.8, 4) is 0 Å². The van der Waals surface area contributed by atoms with Crippen LogP contribution in [-0.4, -0.2) is 24.6 Å². The lowest BCUT2D eigenvalue weighted by atomic mass is 9.78. The van der Waals surface area contributed by atoms with Gasteiger partial charge in [0.25, 0.3) is 0 Å². The van der Waals surface area contributed by atoms with Crippen LogP contribution in [0.4, 0.5) is 11.4 Å². The van der Waals surface area contributed by atoms with Crippen molar-refractivity contribution < 1.29 is 0 Å².